The van der Waals surface area contributed by atoms with Crippen molar-refractivity contribution in [2.24, 2.45) is 10.8 Å². The van der Waals surface area contributed by atoms with Crippen molar-refractivity contribution in [3.05, 3.63) is 118 Å². The lowest BCUT2D eigenvalue weighted by Crippen LogP contribution is -2.54. The van der Waals surface area contributed by atoms with Gasteiger partial charge in [-0.05, 0) is 150 Å². The van der Waals surface area contributed by atoms with Crippen LogP contribution >= 0.6 is 0 Å². The minimum atomic E-state index is -0.214. The molecule has 3 heterocycles. The second-order valence-electron chi connectivity index (χ2n) is 20.4. The number of anilines is 3. The molecule has 58 heavy (non-hydrogen) atoms. The fourth-order valence-corrected chi connectivity index (χ4v) is 12.3. The lowest BCUT2D eigenvalue weighted by atomic mass is 9.61. The van der Waals surface area contributed by atoms with Crippen LogP contribution in [-0.4, -0.2) is 17.4 Å². The summed E-state index contributed by atoms with van der Waals surface area (Å²) in [5.41, 5.74) is 23.8. The Morgan fingerprint density at radius 1 is 0.741 bits per heavy atom. The SMILES string of the molecule is Cc1cc2c(-c3ccccc3)c(c1)N1c3c(cc(N4C(=O)CCC4=O)cc3C3(C)CCCCC13C)-c1ccc(C(C)CC3=C=C4C(=C3)C(C)(C)CCC4(C)C)c(C)c1-2. The normalized spacial score (nSPS) is 25.2. The number of rotatable bonds is 5. The first-order chi connectivity index (χ1) is 27.5. The van der Waals surface area contributed by atoms with Gasteiger partial charge in [0.1, 0.15) is 0 Å². The van der Waals surface area contributed by atoms with Crippen molar-refractivity contribution in [2.45, 2.75) is 137 Å². The number of carbonyl (C=O) groups is 2. The number of imide groups is 1. The number of hydrogen-bond donors (Lipinski definition) is 0. The fourth-order valence-electron chi connectivity index (χ4n) is 12.3. The van der Waals surface area contributed by atoms with E-state index in [1.807, 2.05) is 0 Å². The Kier molecular flexibility index (Phi) is 8.08. The monoisotopic (exact) mass is 766 g/mol. The third-order valence-corrected chi connectivity index (χ3v) is 15.8. The number of fused-ring (bicyclic) bond motifs is 10. The van der Waals surface area contributed by atoms with Gasteiger partial charge >= 0.3 is 0 Å². The standard InChI is InChI=1S/C54H58N2O2/c1-32-25-41-48-34(3)38(33(2)27-35-28-42-43(29-35)52(6,7)24-23-51(42,4)5)17-18-39(48)40-30-37(55-46(57)19-20-47(55)58)31-44-50(40)56(54(9)22-14-13-21-53(44,54)8)45(26-32)49(41)36-15-11-10-12-16-36/h10-12,15-18,25-26,28,30-31,33H,13-14,19-24,27H2,1-9H3. The number of benzene rings is 4. The molecule has 3 aliphatic carbocycles. The van der Waals surface area contributed by atoms with Crippen molar-refractivity contribution < 1.29 is 9.59 Å². The molecule has 2 saturated carbocycles. The number of amides is 2. The molecule has 4 heteroatoms. The zero-order valence-electron chi connectivity index (χ0n) is 36.1. The van der Waals surface area contributed by atoms with E-state index < -0.39 is 0 Å². The van der Waals surface area contributed by atoms with Crippen LogP contribution < -0.4 is 9.80 Å². The van der Waals surface area contributed by atoms with Crippen molar-refractivity contribution in [1.29, 1.82) is 0 Å². The highest BCUT2D eigenvalue weighted by molar-refractivity contribution is 6.20. The summed E-state index contributed by atoms with van der Waals surface area (Å²) >= 11 is 0. The van der Waals surface area contributed by atoms with E-state index in [-0.39, 0.29) is 52.4 Å². The fraction of sp³-hybridized carbons (Fsp3) is 0.426. The molecule has 2 bridgehead atoms. The third-order valence-electron chi connectivity index (χ3n) is 15.8. The molecular formula is C54H58N2O2. The number of nitrogens with zero attached hydrogens (tertiary/aromatic N) is 2. The van der Waals surface area contributed by atoms with Crippen LogP contribution in [0.2, 0.25) is 0 Å². The van der Waals surface area contributed by atoms with Crippen LogP contribution in [0.5, 0.6) is 0 Å². The maximum Gasteiger partial charge on any atom is 0.234 e. The lowest BCUT2D eigenvalue weighted by molar-refractivity contribution is -0.121. The average molecular weight is 767 g/mol. The lowest BCUT2D eigenvalue weighted by Gasteiger charge is -2.51. The quantitative estimate of drug-likeness (QED) is 0.150. The van der Waals surface area contributed by atoms with Crippen molar-refractivity contribution in [3.8, 4) is 33.4 Å². The van der Waals surface area contributed by atoms with Gasteiger partial charge in [-0.1, -0.05) is 103 Å². The zero-order valence-corrected chi connectivity index (χ0v) is 36.1. The second kappa shape index (κ2) is 12.5. The number of hydrogen-bond acceptors (Lipinski definition) is 3. The van der Waals surface area contributed by atoms with E-state index in [0.717, 1.165) is 43.4 Å². The predicted molar refractivity (Wildman–Crippen MR) is 239 cm³/mol. The van der Waals surface area contributed by atoms with Crippen LogP contribution in [0, 0.1) is 24.7 Å². The summed E-state index contributed by atoms with van der Waals surface area (Å²) in [5, 5.41) is 0. The summed E-state index contributed by atoms with van der Waals surface area (Å²) in [7, 11) is 0. The molecule has 0 N–H and O–H groups in total. The van der Waals surface area contributed by atoms with Gasteiger partial charge in [0, 0.05) is 35.0 Å². The van der Waals surface area contributed by atoms with Crippen LogP contribution in [0.3, 0.4) is 0 Å². The molecule has 296 valence electrons. The minimum Gasteiger partial charge on any atom is -0.333 e. The summed E-state index contributed by atoms with van der Waals surface area (Å²) in [6, 6.07) is 25.0. The molecule has 0 spiro atoms. The largest absolute Gasteiger partial charge is 0.333 e. The van der Waals surface area contributed by atoms with E-state index >= 15 is 0 Å². The molecule has 0 radical (unpaired) electrons. The van der Waals surface area contributed by atoms with Gasteiger partial charge in [0.25, 0.3) is 0 Å². The van der Waals surface area contributed by atoms with E-state index in [0.29, 0.717) is 0 Å². The molecule has 4 aromatic rings. The number of aryl methyl sites for hydroxylation is 1. The van der Waals surface area contributed by atoms with Gasteiger partial charge in [0.15, 0.2) is 0 Å². The van der Waals surface area contributed by atoms with E-state index in [2.05, 4.69) is 146 Å². The molecule has 6 aliphatic rings. The molecule has 3 fully saturated rings. The molecule has 10 rings (SSSR count). The molecule has 3 atom stereocenters. The van der Waals surface area contributed by atoms with Gasteiger partial charge in [-0.15, -0.1) is 5.73 Å². The van der Waals surface area contributed by atoms with Crippen LogP contribution in [0.4, 0.5) is 17.1 Å². The summed E-state index contributed by atoms with van der Waals surface area (Å²) in [4.78, 5) is 31.2. The van der Waals surface area contributed by atoms with Crippen molar-refractivity contribution in [3.63, 3.8) is 0 Å². The molecule has 4 nitrogen and oxygen atoms in total. The van der Waals surface area contributed by atoms with Crippen LogP contribution in [0.1, 0.15) is 134 Å². The maximum atomic E-state index is 13.5. The maximum absolute atomic E-state index is 13.5. The van der Waals surface area contributed by atoms with Gasteiger partial charge in [-0.3, -0.25) is 14.5 Å². The predicted octanol–water partition coefficient (Wildman–Crippen LogP) is 13.7. The summed E-state index contributed by atoms with van der Waals surface area (Å²) in [5.74, 6) is 0.0699. The van der Waals surface area contributed by atoms with E-state index in [9.17, 15) is 9.59 Å². The molecule has 2 amide bonds. The second-order valence-corrected chi connectivity index (χ2v) is 20.4. The first-order valence-electron chi connectivity index (χ1n) is 22.0. The molecular weight excluding hydrogens is 709 g/mol. The van der Waals surface area contributed by atoms with E-state index in [1.165, 1.54) is 95.9 Å². The van der Waals surface area contributed by atoms with Crippen molar-refractivity contribution >= 4 is 28.9 Å². The Bertz CT molecular complexity index is 2580. The van der Waals surface area contributed by atoms with Gasteiger partial charge in [-0.25, -0.2) is 0 Å². The Labute approximate surface area is 345 Å². The summed E-state index contributed by atoms with van der Waals surface area (Å²) in [6.45, 7) is 21.5. The topological polar surface area (TPSA) is 40.6 Å². The van der Waals surface area contributed by atoms with Crippen LogP contribution in [-0.2, 0) is 15.0 Å². The molecule has 3 aliphatic heterocycles. The van der Waals surface area contributed by atoms with Crippen LogP contribution in [0.25, 0.3) is 33.4 Å². The smallest absolute Gasteiger partial charge is 0.234 e. The highest BCUT2D eigenvalue weighted by Crippen LogP contribution is 2.67. The third kappa shape index (κ3) is 5.13. The van der Waals surface area contributed by atoms with E-state index in [4.69, 9.17) is 0 Å². The Morgan fingerprint density at radius 3 is 2.17 bits per heavy atom. The molecule has 3 unspecified atom stereocenters. The molecule has 0 aromatic heterocycles. The van der Waals surface area contributed by atoms with Crippen molar-refractivity contribution in [2.75, 3.05) is 9.80 Å². The summed E-state index contributed by atoms with van der Waals surface area (Å²) in [6.07, 6.45) is 10.8. The van der Waals surface area contributed by atoms with Crippen molar-refractivity contribution in [1.82, 2.24) is 0 Å². The first-order valence-corrected chi connectivity index (χ1v) is 22.0. The Morgan fingerprint density at radius 2 is 1.45 bits per heavy atom. The summed E-state index contributed by atoms with van der Waals surface area (Å²) < 4.78 is 0. The molecule has 1 saturated heterocycles. The average Bonchev–Trinajstić information content (AvgIpc) is 3.83. The van der Waals surface area contributed by atoms with Gasteiger partial charge in [0.2, 0.25) is 11.8 Å². The van der Waals surface area contributed by atoms with Crippen LogP contribution in [0.15, 0.2) is 95.3 Å². The number of allylic oxidation sites excluding steroid dienone is 3. The first kappa shape index (κ1) is 37.4. The zero-order chi connectivity index (χ0) is 40.7. The highest BCUT2D eigenvalue weighted by atomic mass is 16.2. The van der Waals surface area contributed by atoms with E-state index in [1.54, 1.807) is 0 Å². The Hall–Kier alpha value is -4.92. The molecule has 4 aromatic carbocycles. The van der Waals surface area contributed by atoms with Gasteiger partial charge < -0.3 is 4.90 Å². The van der Waals surface area contributed by atoms with Gasteiger partial charge in [-0.2, -0.15) is 0 Å². The number of carbonyl (C=O) groups excluding carboxylic acids is 2. The minimum absolute atomic E-state index is 0.0973. The van der Waals surface area contributed by atoms with Gasteiger partial charge in [0.05, 0.1) is 22.6 Å². The Balaban J connectivity index is 1.25. The highest BCUT2D eigenvalue weighted by Gasteiger charge is 2.59.